The highest BCUT2D eigenvalue weighted by Gasteiger charge is 2.01. The summed E-state index contributed by atoms with van der Waals surface area (Å²) in [6.07, 6.45) is 4.85. The molecule has 0 spiro atoms. The molecular weight excluding hydrogens is 126 g/mol. The van der Waals surface area contributed by atoms with E-state index in [-0.39, 0.29) is 6.61 Å². The van der Waals surface area contributed by atoms with Gasteiger partial charge in [0.1, 0.15) is 0 Å². The molecule has 0 heterocycles. The van der Waals surface area contributed by atoms with Crippen LogP contribution in [0.3, 0.4) is 0 Å². The monoisotopic (exact) mass is 145 g/mol. The Hall–Kier alpha value is -0.0800. The van der Waals surface area contributed by atoms with E-state index in [0.717, 1.165) is 6.42 Å². The van der Waals surface area contributed by atoms with E-state index in [2.05, 4.69) is 12.2 Å². The zero-order chi connectivity index (χ0) is 7.82. The first-order valence-corrected chi connectivity index (χ1v) is 4.13. The number of rotatable bonds is 6. The Kier molecular flexibility index (Phi) is 6.98. The summed E-state index contributed by atoms with van der Waals surface area (Å²) in [7, 11) is 1.90. The van der Waals surface area contributed by atoms with Gasteiger partial charge in [-0.1, -0.05) is 26.2 Å². The predicted molar refractivity (Wildman–Crippen MR) is 44.1 cm³/mol. The molecule has 0 rings (SSSR count). The molecule has 0 fully saturated rings. The summed E-state index contributed by atoms with van der Waals surface area (Å²) < 4.78 is 0. The third-order valence-corrected chi connectivity index (χ3v) is 1.78. The van der Waals surface area contributed by atoms with Gasteiger partial charge in [0.05, 0.1) is 6.61 Å². The molecule has 0 aliphatic carbocycles. The van der Waals surface area contributed by atoms with Crippen LogP contribution >= 0.6 is 0 Å². The average Bonchev–Trinajstić information content (AvgIpc) is 1.99. The Morgan fingerprint density at radius 3 is 2.50 bits per heavy atom. The van der Waals surface area contributed by atoms with Gasteiger partial charge >= 0.3 is 0 Å². The van der Waals surface area contributed by atoms with Crippen molar-refractivity contribution in [2.24, 2.45) is 0 Å². The number of nitrogens with one attached hydrogen (secondary N) is 1. The van der Waals surface area contributed by atoms with Crippen LogP contribution in [0.4, 0.5) is 0 Å². The minimum absolute atomic E-state index is 0.264. The zero-order valence-corrected chi connectivity index (χ0v) is 7.06. The molecule has 1 unspecified atom stereocenters. The standard InChI is InChI=1S/C8H19NO/c1-3-4-5-6-8(7-10)9-2/h8-10H,3-7H2,1-2H3. The van der Waals surface area contributed by atoms with E-state index >= 15 is 0 Å². The summed E-state index contributed by atoms with van der Waals surface area (Å²) in [6, 6.07) is 0.312. The molecule has 0 radical (unpaired) electrons. The molecule has 1 atom stereocenters. The van der Waals surface area contributed by atoms with Crippen LogP contribution in [0.1, 0.15) is 32.6 Å². The Balaban J connectivity index is 3.09. The van der Waals surface area contributed by atoms with Crippen molar-refractivity contribution in [2.45, 2.75) is 38.6 Å². The topological polar surface area (TPSA) is 32.3 Å². The van der Waals surface area contributed by atoms with Gasteiger partial charge < -0.3 is 10.4 Å². The first kappa shape index (κ1) is 9.92. The molecule has 0 aliphatic heterocycles. The highest BCUT2D eigenvalue weighted by atomic mass is 16.3. The first-order chi connectivity index (χ1) is 4.85. The lowest BCUT2D eigenvalue weighted by atomic mass is 10.1. The van der Waals surface area contributed by atoms with E-state index in [1.165, 1.54) is 19.3 Å². The summed E-state index contributed by atoms with van der Waals surface area (Å²) in [4.78, 5) is 0. The van der Waals surface area contributed by atoms with E-state index in [1.807, 2.05) is 7.05 Å². The number of unbranched alkanes of at least 4 members (excludes halogenated alkanes) is 2. The molecule has 0 aromatic rings. The van der Waals surface area contributed by atoms with Gasteiger partial charge in [0.2, 0.25) is 0 Å². The smallest absolute Gasteiger partial charge is 0.0584 e. The molecule has 0 aliphatic rings. The first-order valence-electron chi connectivity index (χ1n) is 4.13. The lowest BCUT2D eigenvalue weighted by molar-refractivity contribution is 0.239. The van der Waals surface area contributed by atoms with Gasteiger partial charge in [0, 0.05) is 6.04 Å². The fraction of sp³-hybridized carbons (Fsp3) is 1.00. The normalized spacial score (nSPS) is 13.5. The molecule has 0 saturated heterocycles. The summed E-state index contributed by atoms with van der Waals surface area (Å²) in [5.41, 5.74) is 0. The predicted octanol–water partition coefficient (Wildman–Crippen LogP) is 1.15. The Bertz CT molecular complexity index is 62.3. The summed E-state index contributed by atoms with van der Waals surface area (Å²) >= 11 is 0. The third-order valence-electron chi connectivity index (χ3n) is 1.78. The van der Waals surface area contributed by atoms with Crippen LogP contribution in [-0.2, 0) is 0 Å². The molecular formula is C8H19NO. The SMILES string of the molecule is CCCCCC(CO)NC. The van der Waals surface area contributed by atoms with Crippen LogP contribution in [0.5, 0.6) is 0 Å². The van der Waals surface area contributed by atoms with Gasteiger partial charge in [-0.3, -0.25) is 0 Å². The van der Waals surface area contributed by atoms with Crippen molar-refractivity contribution < 1.29 is 5.11 Å². The Morgan fingerprint density at radius 1 is 1.40 bits per heavy atom. The molecule has 2 heteroatoms. The number of aliphatic hydroxyl groups is 1. The fourth-order valence-corrected chi connectivity index (χ4v) is 0.968. The minimum Gasteiger partial charge on any atom is -0.395 e. The molecule has 0 aromatic heterocycles. The number of hydrogen-bond acceptors (Lipinski definition) is 2. The molecule has 2 N–H and O–H groups in total. The molecule has 0 saturated carbocycles. The van der Waals surface area contributed by atoms with E-state index < -0.39 is 0 Å². The molecule has 2 nitrogen and oxygen atoms in total. The second-order valence-electron chi connectivity index (χ2n) is 2.66. The molecule has 0 bridgehead atoms. The summed E-state index contributed by atoms with van der Waals surface area (Å²) in [5, 5.41) is 11.8. The second-order valence-corrected chi connectivity index (χ2v) is 2.66. The van der Waals surface area contributed by atoms with Crippen molar-refractivity contribution in [3.63, 3.8) is 0 Å². The summed E-state index contributed by atoms with van der Waals surface area (Å²) in [5.74, 6) is 0. The highest BCUT2D eigenvalue weighted by Crippen LogP contribution is 2.01. The van der Waals surface area contributed by atoms with E-state index in [4.69, 9.17) is 5.11 Å². The lowest BCUT2D eigenvalue weighted by Crippen LogP contribution is -2.28. The maximum absolute atomic E-state index is 8.76. The number of hydrogen-bond donors (Lipinski definition) is 2. The van der Waals surface area contributed by atoms with Crippen LogP contribution < -0.4 is 5.32 Å². The molecule has 0 aromatic carbocycles. The maximum Gasteiger partial charge on any atom is 0.0584 e. The highest BCUT2D eigenvalue weighted by molar-refractivity contribution is 4.61. The van der Waals surface area contributed by atoms with Crippen LogP contribution in [0, 0.1) is 0 Å². The lowest BCUT2D eigenvalue weighted by Gasteiger charge is -2.11. The van der Waals surface area contributed by atoms with Crippen molar-refractivity contribution >= 4 is 0 Å². The number of aliphatic hydroxyl groups excluding tert-OH is 1. The second kappa shape index (κ2) is 7.03. The van der Waals surface area contributed by atoms with Gasteiger partial charge in [-0.25, -0.2) is 0 Å². The minimum atomic E-state index is 0.264. The quantitative estimate of drug-likeness (QED) is 0.549. The van der Waals surface area contributed by atoms with Crippen molar-refractivity contribution in [3.05, 3.63) is 0 Å². The van der Waals surface area contributed by atoms with Gasteiger partial charge in [0.25, 0.3) is 0 Å². The number of likely N-dealkylation sites (N-methyl/N-ethyl adjacent to an activating group) is 1. The molecule has 62 valence electrons. The fourth-order valence-electron chi connectivity index (χ4n) is 0.968. The van der Waals surface area contributed by atoms with Gasteiger partial charge in [-0.15, -0.1) is 0 Å². The van der Waals surface area contributed by atoms with Crippen molar-refractivity contribution in [1.29, 1.82) is 0 Å². The summed E-state index contributed by atoms with van der Waals surface area (Å²) in [6.45, 7) is 2.45. The van der Waals surface area contributed by atoms with Crippen molar-refractivity contribution in [1.82, 2.24) is 5.32 Å². The van der Waals surface area contributed by atoms with E-state index in [1.54, 1.807) is 0 Å². The largest absolute Gasteiger partial charge is 0.395 e. The van der Waals surface area contributed by atoms with Crippen molar-refractivity contribution in [2.75, 3.05) is 13.7 Å². The average molecular weight is 145 g/mol. The Labute approximate surface area is 63.6 Å². The van der Waals surface area contributed by atoms with Crippen LogP contribution in [0.2, 0.25) is 0 Å². The van der Waals surface area contributed by atoms with Crippen LogP contribution in [0.25, 0.3) is 0 Å². The van der Waals surface area contributed by atoms with Crippen LogP contribution in [-0.4, -0.2) is 24.8 Å². The van der Waals surface area contributed by atoms with Crippen LogP contribution in [0.15, 0.2) is 0 Å². The third kappa shape index (κ3) is 4.77. The van der Waals surface area contributed by atoms with Gasteiger partial charge in [-0.2, -0.15) is 0 Å². The Morgan fingerprint density at radius 2 is 2.10 bits per heavy atom. The molecule has 0 amide bonds. The van der Waals surface area contributed by atoms with E-state index in [9.17, 15) is 0 Å². The maximum atomic E-state index is 8.76. The molecule has 10 heavy (non-hydrogen) atoms. The van der Waals surface area contributed by atoms with E-state index in [0.29, 0.717) is 6.04 Å². The zero-order valence-electron chi connectivity index (χ0n) is 7.06. The van der Waals surface area contributed by atoms with Gasteiger partial charge in [0.15, 0.2) is 0 Å². The van der Waals surface area contributed by atoms with Crippen molar-refractivity contribution in [3.8, 4) is 0 Å². The van der Waals surface area contributed by atoms with Gasteiger partial charge in [-0.05, 0) is 13.5 Å².